The Morgan fingerprint density at radius 1 is 1.57 bits per heavy atom. The maximum Gasteiger partial charge on any atom is 0.0471 e. The van der Waals surface area contributed by atoms with E-state index in [1.54, 1.807) is 11.3 Å². The van der Waals surface area contributed by atoms with Crippen molar-refractivity contribution in [2.24, 2.45) is 5.92 Å². The van der Waals surface area contributed by atoms with E-state index >= 15 is 0 Å². The van der Waals surface area contributed by atoms with Gasteiger partial charge in [0.2, 0.25) is 0 Å². The highest BCUT2D eigenvalue weighted by Crippen LogP contribution is 2.21. The first-order valence-electron chi connectivity index (χ1n) is 5.14. The maximum atomic E-state index is 9.04. The standard InChI is InChI=1S/C11H17NOS/c1-9-7-14-8-11(9)5-12-3-2-10(4-12)6-13/h7-8,10,13H,2-6H2,1H3. The van der Waals surface area contributed by atoms with Crippen molar-refractivity contribution in [3.8, 4) is 0 Å². The van der Waals surface area contributed by atoms with E-state index in [2.05, 4.69) is 22.6 Å². The molecule has 1 aromatic heterocycles. The van der Waals surface area contributed by atoms with E-state index in [0.29, 0.717) is 12.5 Å². The lowest BCUT2D eigenvalue weighted by molar-refractivity contribution is 0.220. The van der Waals surface area contributed by atoms with Gasteiger partial charge in [0.15, 0.2) is 0 Å². The van der Waals surface area contributed by atoms with E-state index in [-0.39, 0.29) is 0 Å². The fourth-order valence-corrected chi connectivity index (χ4v) is 2.84. The van der Waals surface area contributed by atoms with Crippen molar-refractivity contribution in [2.45, 2.75) is 19.9 Å². The number of nitrogens with zero attached hydrogens (tertiary/aromatic N) is 1. The first-order chi connectivity index (χ1) is 6.79. The minimum atomic E-state index is 0.346. The van der Waals surface area contributed by atoms with Crippen LogP contribution in [0, 0.1) is 12.8 Å². The van der Waals surface area contributed by atoms with Crippen LogP contribution >= 0.6 is 11.3 Å². The van der Waals surface area contributed by atoms with Crippen molar-refractivity contribution >= 4 is 11.3 Å². The number of aliphatic hydroxyl groups excluding tert-OH is 1. The van der Waals surface area contributed by atoms with Gasteiger partial charge in [-0.05, 0) is 47.7 Å². The lowest BCUT2D eigenvalue weighted by atomic mass is 10.1. The number of likely N-dealkylation sites (tertiary alicyclic amines) is 1. The van der Waals surface area contributed by atoms with Crippen molar-refractivity contribution in [1.82, 2.24) is 4.90 Å². The molecule has 0 saturated carbocycles. The molecule has 0 amide bonds. The summed E-state index contributed by atoms with van der Waals surface area (Å²) >= 11 is 1.78. The third-order valence-corrected chi connectivity index (χ3v) is 3.89. The molecule has 2 heterocycles. The Hall–Kier alpha value is -0.380. The van der Waals surface area contributed by atoms with Crippen LogP contribution in [0.2, 0.25) is 0 Å². The molecule has 0 aromatic carbocycles. The van der Waals surface area contributed by atoms with Gasteiger partial charge in [-0.1, -0.05) is 0 Å². The molecule has 1 N–H and O–H groups in total. The van der Waals surface area contributed by atoms with Crippen molar-refractivity contribution in [3.05, 3.63) is 21.9 Å². The van der Waals surface area contributed by atoms with Crippen LogP contribution in [0.15, 0.2) is 10.8 Å². The highest BCUT2D eigenvalue weighted by molar-refractivity contribution is 7.08. The summed E-state index contributed by atoms with van der Waals surface area (Å²) in [6.07, 6.45) is 1.15. The zero-order chi connectivity index (χ0) is 9.97. The molecule has 0 radical (unpaired) electrons. The van der Waals surface area contributed by atoms with Crippen LogP contribution in [-0.4, -0.2) is 29.7 Å². The molecule has 2 nitrogen and oxygen atoms in total. The van der Waals surface area contributed by atoms with Crippen molar-refractivity contribution < 1.29 is 5.11 Å². The summed E-state index contributed by atoms with van der Waals surface area (Å²) in [6.45, 7) is 5.78. The predicted molar refractivity (Wildman–Crippen MR) is 59.5 cm³/mol. The molecule has 1 aliphatic rings. The van der Waals surface area contributed by atoms with Crippen LogP contribution in [0.5, 0.6) is 0 Å². The quantitative estimate of drug-likeness (QED) is 0.825. The summed E-state index contributed by atoms with van der Waals surface area (Å²) in [4.78, 5) is 2.44. The van der Waals surface area contributed by atoms with E-state index in [1.165, 1.54) is 11.1 Å². The molecule has 3 heteroatoms. The molecule has 0 bridgehead atoms. The van der Waals surface area contributed by atoms with Crippen molar-refractivity contribution in [1.29, 1.82) is 0 Å². The van der Waals surface area contributed by atoms with Crippen LogP contribution in [0.25, 0.3) is 0 Å². The predicted octanol–water partition coefficient (Wildman–Crippen LogP) is 1.87. The van der Waals surface area contributed by atoms with Gasteiger partial charge in [-0.25, -0.2) is 0 Å². The third kappa shape index (κ3) is 2.16. The highest BCUT2D eigenvalue weighted by Gasteiger charge is 2.21. The fraction of sp³-hybridized carbons (Fsp3) is 0.636. The molecule has 14 heavy (non-hydrogen) atoms. The molecular formula is C11H17NOS. The molecule has 1 saturated heterocycles. The second kappa shape index (κ2) is 4.43. The van der Waals surface area contributed by atoms with Gasteiger partial charge in [0, 0.05) is 19.7 Å². The second-order valence-corrected chi connectivity index (χ2v) is 4.90. The average Bonchev–Trinajstić information content (AvgIpc) is 2.77. The minimum absolute atomic E-state index is 0.346. The van der Waals surface area contributed by atoms with Crippen LogP contribution in [0.1, 0.15) is 17.5 Å². The molecule has 0 aliphatic carbocycles. The Bertz CT molecular complexity index is 297. The average molecular weight is 211 g/mol. The van der Waals surface area contributed by atoms with Gasteiger partial charge in [-0.15, -0.1) is 0 Å². The van der Waals surface area contributed by atoms with Crippen LogP contribution in [0.4, 0.5) is 0 Å². The van der Waals surface area contributed by atoms with E-state index in [0.717, 1.165) is 26.1 Å². The number of rotatable bonds is 3. The molecule has 1 atom stereocenters. The van der Waals surface area contributed by atoms with Gasteiger partial charge in [-0.3, -0.25) is 4.90 Å². The van der Waals surface area contributed by atoms with E-state index < -0.39 is 0 Å². The van der Waals surface area contributed by atoms with Crippen LogP contribution < -0.4 is 0 Å². The Labute approximate surface area is 89.2 Å². The molecule has 2 rings (SSSR count). The Kier molecular flexibility index (Phi) is 3.21. The van der Waals surface area contributed by atoms with E-state index in [4.69, 9.17) is 5.11 Å². The first-order valence-corrected chi connectivity index (χ1v) is 6.08. The Balaban J connectivity index is 1.90. The molecule has 1 aromatic rings. The lowest BCUT2D eigenvalue weighted by Crippen LogP contribution is -2.21. The van der Waals surface area contributed by atoms with Gasteiger partial charge >= 0.3 is 0 Å². The summed E-state index contributed by atoms with van der Waals surface area (Å²) in [7, 11) is 0. The SMILES string of the molecule is Cc1cscc1CN1CCC(CO)C1. The summed E-state index contributed by atoms with van der Waals surface area (Å²) < 4.78 is 0. The summed E-state index contributed by atoms with van der Waals surface area (Å²) in [6, 6.07) is 0. The number of hydrogen-bond donors (Lipinski definition) is 1. The van der Waals surface area contributed by atoms with E-state index in [9.17, 15) is 0 Å². The van der Waals surface area contributed by atoms with Gasteiger partial charge in [0.05, 0.1) is 0 Å². The second-order valence-electron chi connectivity index (χ2n) is 4.15. The van der Waals surface area contributed by atoms with Crippen molar-refractivity contribution in [3.63, 3.8) is 0 Å². The smallest absolute Gasteiger partial charge is 0.0471 e. The molecular weight excluding hydrogens is 194 g/mol. The summed E-state index contributed by atoms with van der Waals surface area (Å²) in [5, 5.41) is 13.5. The topological polar surface area (TPSA) is 23.5 Å². The number of aliphatic hydroxyl groups is 1. The van der Waals surface area contributed by atoms with Gasteiger partial charge < -0.3 is 5.11 Å². The van der Waals surface area contributed by atoms with Crippen LogP contribution in [0.3, 0.4) is 0 Å². The van der Waals surface area contributed by atoms with Crippen molar-refractivity contribution in [2.75, 3.05) is 19.7 Å². The van der Waals surface area contributed by atoms with Gasteiger partial charge in [-0.2, -0.15) is 11.3 Å². The largest absolute Gasteiger partial charge is 0.396 e. The number of hydrogen-bond acceptors (Lipinski definition) is 3. The normalized spacial score (nSPS) is 23.1. The van der Waals surface area contributed by atoms with Gasteiger partial charge in [0.25, 0.3) is 0 Å². The highest BCUT2D eigenvalue weighted by atomic mass is 32.1. The van der Waals surface area contributed by atoms with E-state index in [1.807, 2.05) is 0 Å². The zero-order valence-corrected chi connectivity index (χ0v) is 9.39. The zero-order valence-electron chi connectivity index (χ0n) is 8.57. The minimum Gasteiger partial charge on any atom is -0.396 e. The molecule has 78 valence electrons. The summed E-state index contributed by atoms with van der Waals surface area (Å²) in [5.41, 5.74) is 2.86. The first kappa shape index (κ1) is 10.1. The van der Waals surface area contributed by atoms with Gasteiger partial charge in [0.1, 0.15) is 0 Å². The molecule has 1 aliphatic heterocycles. The lowest BCUT2D eigenvalue weighted by Gasteiger charge is -2.15. The number of thiophene rings is 1. The maximum absolute atomic E-state index is 9.04. The Morgan fingerprint density at radius 3 is 3.00 bits per heavy atom. The summed E-state index contributed by atoms with van der Waals surface area (Å²) in [5.74, 6) is 0.508. The molecule has 0 spiro atoms. The fourth-order valence-electron chi connectivity index (χ4n) is 2.00. The molecule has 1 fully saturated rings. The number of aryl methyl sites for hydroxylation is 1. The monoisotopic (exact) mass is 211 g/mol. The molecule has 1 unspecified atom stereocenters. The third-order valence-electron chi connectivity index (χ3n) is 2.98. The van der Waals surface area contributed by atoms with Crippen LogP contribution in [-0.2, 0) is 6.54 Å². The Morgan fingerprint density at radius 2 is 2.43 bits per heavy atom.